The minimum absolute atomic E-state index is 0.754. The summed E-state index contributed by atoms with van der Waals surface area (Å²) in [6.07, 6.45) is 0. The summed E-state index contributed by atoms with van der Waals surface area (Å²) in [6.45, 7) is 8.24. The van der Waals surface area contributed by atoms with E-state index < -0.39 is 0 Å². The van der Waals surface area contributed by atoms with Gasteiger partial charge in [-0.3, -0.25) is 0 Å². The second-order valence-electron chi connectivity index (χ2n) is 6.62. The SMILES string of the molecule is Cc1cc(Cl)cc(C)c1Nc1ccccc1Nc1c(C)cc(Cl)cc1C. The number of nitrogens with one attached hydrogen (secondary N) is 2. The summed E-state index contributed by atoms with van der Waals surface area (Å²) in [6, 6.07) is 16.1. The van der Waals surface area contributed by atoms with Crippen LogP contribution in [0.1, 0.15) is 22.3 Å². The number of hydrogen-bond donors (Lipinski definition) is 2. The highest BCUT2D eigenvalue weighted by molar-refractivity contribution is 6.31. The number of benzene rings is 3. The van der Waals surface area contributed by atoms with Crippen molar-refractivity contribution in [1.82, 2.24) is 0 Å². The number of rotatable bonds is 4. The molecule has 3 aromatic carbocycles. The van der Waals surface area contributed by atoms with Gasteiger partial charge in [0.25, 0.3) is 0 Å². The third-order valence-electron chi connectivity index (χ3n) is 4.44. The Kier molecular flexibility index (Phi) is 5.45. The largest absolute Gasteiger partial charge is 0.353 e. The minimum atomic E-state index is 0.754. The zero-order valence-electron chi connectivity index (χ0n) is 15.4. The summed E-state index contributed by atoms with van der Waals surface area (Å²) in [4.78, 5) is 0. The molecule has 0 aromatic heterocycles. The van der Waals surface area contributed by atoms with Crippen molar-refractivity contribution in [3.05, 3.63) is 80.8 Å². The van der Waals surface area contributed by atoms with Crippen molar-refractivity contribution in [2.45, 2.75) is 27.7 Å². The van der Waals surface area contributed by atoms with Crippen LogP contribution in [0, 0.1) is 27.7 Å². The molecule has 2 nitrogen and oxygen atoms in total. The Bertz CT molecular complexity index is 840. The van der Waals surface area contributed by atoms with Crippen LogP contribution in [0.4, 0.5) is 22.7 Å². The Balaban J connectivity index is 1.98. The molecule has 0 saturated carbocycles. The molecule has 0 amide bonds. The summed E-state index contributed by atoms with van der Waals surface area (Å²) in [5.41, 5.74) is 8.63. The van der Waals surface area contributed by atoms with Gasteiger partial charge in [-0.05, 0) is 86.3 Å². The molecule has 3 aromatic rings. The number of halogens is 2. The lowest BCUT2D eigenvalue weighted by molar-refractivity contribution is 1.34. The molecule has 4 heteroatoms. The molecule has 0 aliphatic carbocycles. The molecule has 0 unspecified atom stereocenters. The van der Waals surface area contributed by atoms with Gasteiger partial charge in [0.05, 0.1) is 11.4 Å². The van der Waals surface area contributed by atoms with E-state index in [1.54, 1.807) is 0 Å². The first kappa shape index (κ1) is 18.6. The molecule has 134 valence electrons. The van der Waals surface area contributed by atoms with Crippen LogP contribution >= 0.6 is 23.2 Å². The highest BCUT2D eigenvalue weighted by atomic mass is 35.5. The maximum absolute atomic E-state index is 6.16. The minimum Gasteiger partial charge on any atom is -0.353 e. The first-order chi connectivity index (χ1) is 12.3. The van der Waals surface area contributed by atoms with E-state index in [9.17, 15) is 0 Å². The Morgan fingerprint density at radius 1 is 0.577 bits per heavy atom. The molecule has 0 aliphatic heterocycles. The molecule has 2 N–H and O–H groups in total. The lowest BCUT2D eigenvalue weighted by Gasteiger charge is -2.19. The average Bonchev–Trinajstić information content (AvgIpc) is 2.55. The molecule has 26 heavy (non-hydrogen) atoms. The van der Waals surface area contributed by atoms with E-state index in [1.807, 2.05) is 36.4 Å². The van der Waals surface area contributed by atoms with E-state index in [0.717, 1.165) is 55.0 Å². The van der Waals surface area contributed by atoms with Crippen LogP contribution in [-0.2, 0) is 0 Å². The molecule has 0 heterocycles. The van der Waals surface area contributed by atoms with Crippen molar-refractivity contribution in [1.29, 1.82) is 0 Å². The normalized spacial score (nSPS) is 10.7. The van der Waals surface area contributed by atoms with E-state index >= 15 is 0 Å². The topological polar surface area (TPSA) is 24.1 Å². The van der Waals surface area contributed by atoms with Crippen LogP contribution in [0.3, 0.4) is 0 Å². The smallest absolute Gasteiger partial charge is 0.0623 e. The van der Waals surface area contributed by atoms with E-state index in [4.69, 9.17) is 23.2 Å². The van der Waals surface area contributed by atoms with E-state index in [-0.39, 0.29) is 0 Å². The Morgan fingerprint density at radius 3 is 1.19 bits per heavy atom. The van der Waals surface area contributed by atoms with Crippen molar-refractivity contribution in [3.63, 3.8) is 0 Å². The molecule has 0 fully saturated rings. The fourth-order valence-corrected chi connectivity index (χ4v) is 3.84. The van der Waals surface area contributed by atoms with Crippen molar-refractivity contribution >= 4 is 46.0 Å². The quantitative estimate of drug-likeness (QED) is 0.480. The van der Waals surface area contributed by atoms with Crippen LogP contribution in [0.25, 0.3) is 0 Å². The summed E-state index contributed by atoms with van der Waals surface area (Å²) in [5, 5.41) is 8.63. The third-order valence-corrected chi connectivity index (χ3v) is 4.88. The van der Waals surface area contributed by atoms with Gasteiger partial charge in [-0.15, -0.1) is 0 Å². The number of aryl methyl sites for hydroxylation is 4. The molecule has 0 radical (unpaired) electrons. The lowest BCUT2D eigenvalue weighted by atomic mass is 10.1. The van der Waals surface area contributed by atoms with Gasteiger partial charge in [0.2, 0.25) is 0 Å². The van der Waals surface area contributed by atoms with Crippen molar-refractivity contribution in [2.75, 3.05) is 10.6 Å². The highest BCUT2D eigenvalue weighted by Gasteiger charge is 2.10. The van der Waals surface area contributed by atoms with Gasteiger partial charge in [-0.25, -0.2) is 0 Å². The lowest BCUT2D eigenvalue weighted by Crippen LogP contribution is -2.02. The Morgan fingerprint density at radius 2 is 0.885 bits per heavy atom. The van der Waals surface area contributed by atoms with Crippen LogP contribution in [0.15, 0.2) is 48.5 Å². The standard InChI is InChI=1S/C22H22Cl2N2/c1-13-9-17(23)10-14(2)21(13)25-19-7-5-6-8-20(19)26-22-15(3)11-18(24)12-16(22)4/h5-12,25-26H,1-4H3. The summed E-state index contributed by atoms with van der Waals surface area (Å²) in [7, 11) is 0. The molecule has 0 atom stereocenters. The third kappa shape index (κ3) is 3.98. The molecular weight excluding hydrogens is 363 g/mol. The van der Waals surface area contributed by atoms with Crippen molar-refractivity contribution in [3.8, 4) is 0 Å². The molecule has 0 bridgehead atoms. The predicted molar refractivity (Wildman–Crippen MR) is 115 cm³/mol. The van der Waals surface area contributed by atoms with Gasteiger partial charge < -0.3 is 10.6 Å². The fraction of sp³-hybridized carbons (Fsp3) is 0.182. The second kappa shape index (κ2) is 7.61. The summed E-state index contributed by atoms with van der Waals surface area (Å²) >= 11 is 12.3. The van der Waals surface area contributed by atoms with Crippen LogP contribution in [-0.4, -0.2) is 0 Å². The number of anilines is 4. The van der Waals surface area contributed by atoms with E-state index in [2.05, 4.69) is 50.5 Å². The van der Waals surface area contributed by atoms with Crippen molar-refractivity contribution < 1.29 is 0 Å². The maximum Gasteiger partial charge on any atom is 0.0623 e. The zero-order valence-corrected chi connectivity index (χ0v) is 16.9. The predicted octanol–water partition coefficient (Wildman–Crippen LogP) is 7.71. The van der Waals surface area contributed by atoms with Gasteiger partial charge in [0, 0.05) is 21.4 Å². The first-order valence-electron chi connectivity index (χ1n) is 8.51. The number of hydrogen-bond acceptors (Lipinski definition) is 2. The monoisotopic (exact) mass is 384 g/mol. The molecule has 0 saturated heterocycles. The number of para-hydroxylation sites is 2. The molecular formula is C22H22Cl2N2. The second-order valence-corrected chi connectivity index (χ2v) is 7.50. The van der Waals surface area contributed by atoms with E-state index in [0.29, 0.717) is 0 Å². The van der Waals surface area contributed by atoms with Crippen LogP contribution in [0.2, 0.25) is 10.0 Å². The molecule has 3 rings (SSSR count). The van der Waals surface area contributed by atoms with E-state index in [1.165, 1.54) is 0 Å². The van der Waals surface area contributed by atoms with Crippen molar-refractivity contribution in [2.24, 2.45) is 0 Å². The maximum atomic E-state index is 6.16. The molecule has 0 spiro atoms. The van der Waals surface area contributed by atoms with Gasteiger partial charge in [-0.1, -0.05) is 35.3 Å². The molecule has 0 aliphatic rings. The Hall–Kier alpha value is -2.16. The van der Waals surface area contributed by atoms with Gasteiger partial charge in [0.15, 0.2) is 0 Å². The van der Waals surface area contributed by atoms with Crippen LogP contribution in [0.5, 0.6) is 0 Å². The average molecular weight is 385 g/mol. The zero-order chi connectivity index (χ0) is 18.8. The van der Waals surface area contributed by atoms with Gasteiger partial charge >= 0.3 is 0 Å². The fourth-order valence-electron chi connectivity index (χ4n) is 3.19. The highest BCUT2D eigenvalue weighted by Crippen LogP contribution is 2.34. The first-order valence-corrected chi connectivity index (χ1v) is 9.27. The summed E-state index contributed by atoms with van der Waals surface area (Å²) in [5.74, 6) is 0. The summed E-state index contributed by atoms with van der Waals surface area (Å²) < 4.78 is 0. The van der Waals surface area contributed by atoms with Gasteiger partial charge in [0.1, 0.15) is 0 Å². The Labute approximate surface area is 165 Å². The van der Waals surface area contributed by atoms with Gasteiger partial charge in [-0.2, -0.15) is 0 Å². The van der Waals surface area contributed by atoms with Crippen LogP contribution < -0.4 is 10.6 Å².